The van der Waals surface area contributed by atoms with Crippen LogP contribution in [0.3, 0.4) is 0 Å². The van der Waals surface area contributed by atoms with Crippen molar-refractivity contribution < 1.29 is 14.3 Å². The summed E-state index contributed by atoms with van der Waals surface area (Å²) < 4.78 is 6.11. The van der Waals surface area contributed by atoms with Crippen LogP contribution in [-0.2, 0) is 19.4 Å². The van der Waals surface area contributed by atoms with Gasteiger partial charge in [0.15, 0.2) is 5.78 Å². The zero-order valence-corrected chi connectivity index (χ0v) is 17.5. The predicted molar refractivity (Wildman–Crippen MR) is 118 cm³/mol. The van der Waals surface area contributed by atoms with Gasteiger partial charge in [-0.1, -0.05) is 0 Å². The Kier molecular flexibility index (Phi) is 4.99. The highest BCUT2D eigenvalue weighted by Crippen LogP contribution is 2.38. The van der Waals surface area contributed by atoms with Crippen LogP contribution in [0.15, 0.2) is 40.8 Å². The van der Waals surface area contributed by atoms with Crippen molar-refractivity contribution in [3.8, 4) is 5.75 Å². The molecule has 5 nitrogen and oxygen atoms in total. The third-order valence-electron chi connectivity index (χ3n) is 6.60. The van der Waals surface area contributed by atoms with Crippen molar-refractivity contribution >= 4 is 22.4 Å². The number of phenols is 1. The van der Waals surface area contributed by atoms with Crippen molar-refractivity contribution in [2.24, 2.45) is 0 Å². The molecule has 0 amide bonds. The van der Waals surface area contributed by atoms with Gasteiger partial charge in [-0.25, -0.2) is 0 Å². The number of ketones is 1. The van der Waals surface area contributed by atoms with Gasteiger partial charge in [0.25, 0.3) is 0 Å². The number of Topliss-reactive ketones (excluding diaryl/α,β-unsaturated/α-hetero) is 1. The summed E-state index contributed by atoms with van der Waals surface area (Å²) in [5.74, 6) is 1.59. The molecule has 1 saturated heterocycles. The van der Waals surface area contributed by atoms with Crippen LogP contribution in [0.1, 0.15) is 47.0 Å². The van der Waals surface area contributed by atoms with E-state index < -0.39 is 0 Å². The molecule has 2 heterocycles. The van der Waals surface area contributed by atoms with Gasteiger partial charge in [0.1, 0.15) is 17.1 Å². The van der Waals surface area contributed by atoms with Crippen molar-refractivity contribution in [3.63, 3.8) is 0 Å². The van der Waals surface area contributed by atoms with Crippen molar-refractivity contribution in [1.29, 1.82) is 0 Å². The van der Waals surface area contributed by atoms with Crippen molar-refractivity contribution in [2.75, 3.05) is 31.1 Å². The number of hydrogen-bond donors (Lipinski definition) is 1. The number of anilines is 1. The molecule has 1 N–H and O–H groups in total. The number of aromatic hydroxyl groups is 1. The summed E-state index contributed by atoms with van der Waals surface area (Å²) in [6, 6.07) is 11.6. The lowest BCUT2D eigenvalue weighted by Crippen LogP contribution is -2.46. The fourth-order valence-corrected chi connectivity index (χ4v) is 4.87. The highest BCUT2D eigenvalue weighted by atomic mass is 16.3. The van der Waals surface area contributed by atoms with Crippen LogP contribution in [0, 0.1) is 0 Å². The first-order valence-electron chi connectivity index (χ1n) is 10.9. The van der Waals surface area contributed by atoms with Crippen molar-refractivity contribution in [3.05, 3.63) is 58.8 Å². The summed E-state index contributed by atoms with van der Waals surface area (Å²) in [6.45, 7) is 6.07. The number of carbonyl (C=O) groups is 1. The molecule has 5 heteroatoms. The Balaban J connectivity index is 1.32. The molecular formula is C25H28N2O3. The minimum Gasteiger partial charge on any atom is -0.508 e. The average molecular weight is 405 g/mol. The van der Waals surface area contributed by atoms with Gasteiger partial charge in [-0.05, 0) is 62.6 Å². The molecule has 156 valence electrons. The smallest absolute Gasteiger partial charge is 0.159 e. The number of fused-ring (bicyclic) bond motifs is 3. The highest BCUT2D eigenvalue weighted by Gasteiger charge is 2.24. The maximum atomic E-state index is 11.5. The third kappa shape index (κ3) is 3.47. The first kappa shape index (κ1) is 19.2. The number of benzene rings is 2. The lowest BCUT2D eigenvalue weighted by Gasteiger charge is -2.36. The molecule has 1 aromatic heterocycles. The average Bonchev–Trinajstić information content (AvgIpc) is 3.15. The maximum Gasteiger partial charge on any atom is 0.159 e. The summed E-state index contributed by atoms with van der Waals surface area (Å²) in [4.78, 5) is 16.3. The highest BCUT2D eigenvalue weighted by molar-refractivity contribution is 5.94. The summed E-state index contributed by atoms with van der Waals surface area (Å²) in [7, 11) is 0. The number of hydrogen-bond acceptors (Lipinski definition) is 5. The zero-order valence-electron chi connectivity index (χ0n) is 17.5. The molecule has 30 heavy (non-hydrogen) atoms. The summed E-state index contributed by atoms with van der Waals surface area (Å²) in [5.41, 5.74) is 5.15. The zero-order chi connectivity index (χ0) is 20.7. The molecule has 0 unspecified atom stereocenters. The Morgan fingerprint density at radius 1 is 1.00 bits per heavy atom. The molecular weight excluding hydrogens is 376 g/mol. The number of aryl methyl sites for hydroxylation is 2. The SMILES string of the molecule is CC(=O)c1ccc(N2CCN(Cc3c(O)ccc4oc5c(c34)CCCC5)CC2)cc1. The molecule has 3 aromatic rings. The van der Waals surface area contributed by atoms with Crippen LogP contribution < -0.4 is 4.90 Å². The van der Waals surface area contributed by atoms with Gasteiger partial charge < -0.3 is 14.4 Å². The topological polar surface area (TPSA) is 56.9 Å². The second kappa shape index (κ2) is 7.80. The molecule has 0 bridgehead atoms. The van der Waals surface area contributed by atoms with Gasteiger partial charge in [-0.3, -0.25) is 9.69 Å². The van der Waals surface area contributed by atoms with E-state index in [0.29, 0.717) is 5.75 Å². The molecule has 2 aliphatic rings. The predicted octanol–water partition coefficient (Wildman–Crippen LogP) is 4.54. The van der Waals surface area contributed by atoms with Gasteiger partial charge in [0, 0.05) is 66.9 Å². The van der Waals surface area contributed by atoms with E-state index in [-0.39, 0.29) is 5.78 Å². The minimum atomic E-state index is 0.0989. The first-order valence-corrected chi connectivity index (χ1v) is 10.9. The van der Waals surface area contributed by atoms with Gasteiger partial charge >= 0.3 is 0 Å². The molecule has 2 aromatic carbocycles. The standard InChI is InChI=1S/C25H28N2O3/c1-17(28)18-6-8-19(9-7-18)27-14-12-26(13-15-27)16-21-22(29)10-11-24-25(21)20-4-2-3-5-23(20)30-24/h6-11,29H,2-5,12-16H2,1H3. The Bertz CT molecular complexity index is 1080. The van der Waals surface area contributed by atoms with Crippen molar-refractivity contribution in [1.82, 2.24) is 4.90 Å². The molecule has 0 spiro atoms. The Morgan fingerprint density at radius 2 is 1.73 bits per heavy atom. The van der Waals surface area contributed by atoms with E-state index in [1.807, 2.05) is 30.3 Å². The van der Waals surface area contributed by atoms with E-state index in [4.69, 9.17) is 4.42 Å². The second-order valence-corrected chi connectivity index (χ2v) is 8.51. The van der Waals surface area contributed by atoms with Crippen LogP contribution in [0.4, 0.5) is 5.69 Å². The molecule has 0 saturated carbocycles. The van der Waals surface area contributed by atoms with Gasteiger partial charge in [-0.2, -0.15) is 0 Å². The van der Waals surface area contributed by atoms with Crippen LogP contribution in [0.2, 0.25) is 0 Å². The summed E-state index contributed by atoms with van der Waals surface area (Å²) in [5, 5.41) is 11.8. The lowest BCUT2D eigenvalue weighted by molar-refractivity contribution is 0.101. The van der Waals surface area contributed by atoms with Gasteiger partial charge in [0.05, 0.1) is 0 Å². The second-order valence-electron chi connectivity index (χ2n) is 8.51. The van der Waals surface area contributed by atoms with Crippen LogP contribution >= 0.6 is 0 Å². The normalized spacial score (nSPS) is 17.3. The van der Waals surface area contributed by atoms with E-state index in [1.54, 1.807) is 13.0 Å². The first-order chi connectivity index (χ1) is 14.6. The van der Waals surface area contributed by atoms with E-state index in [2.05, 4.69) is 9.80 Å². The molecule has 0 atom stereocenters. The largest absolute Gasteiger partial charge is 0.508 e. The fraction of sp³-hybridized carbons (Fsp3) is 0.400. The van der Waals surface area contributed by atoms with Crippen LogP contribution in [0.25, 0.3) is 11.0 Å². The number of phenolic OH excluding ortho intramolecular Hbond substituents is 1. The fourth-order valence-electron chi connectivity index (χ4n) is 4.87. The maximum absolute atomic E-state index is 11.5. The molecule has 1 fully saturated rings. The number of furan rings is 1. The van der Waals surface area contributed by atoms with Crippen LogP contribution in [-0.4, -0.2) is 42.0 Å². The molecule has 5 rings (SSSR count). The third-order valence-corrected chi connectivity index (χ3v) is 6.60. The van der Waals surface area contributed by atoms with E-state index in [9.17, 15) is 9.90 Å². The number of rotatable bonds is 4. The van der Waals surface area contributed by atoms with E-state index >= 15 is 0 Å². The number of carbonyl (C=O) groups excluding carboxylic acids is 1. The van der Waals surface area contributed by atoms with Gasteiger partial charge in [0.2, 0.25) is 0 Å². The Labute approximate surface area is 176 Å². The van der Waals surface area contributed by atoms with Gasteiger partial charge in [-0.15, -0.1) is 0 Å². The van der Waals surface area contributed by atoms with Crippen LogP contribution in [0.5, 0.6) is 5.75 Å². The molecule has 1 aliphatic carbocycles. The summed E-state index contributed by atoms with van der Waals surface area (Å²) >= 11 is 0. The Morgan fingerprint density at radius 3 is 2.47 bits per heavy atom. The minimum absolute atomic E-state index is 0.0989. The Hall–Kier alpha value is -2.79. The van der Waals surface area contributed by atoms with E-state index in [1.165, 1.54) is 18.4 Å². The summed E-state index contributed by atoms with van der Waals surface area (Å²) in [6.07, 6.45) is 4.43. The quantitative estimate of drug-likeness (QED) is 0.647. The van der Waals surface area contributed by atoms with Crippen molar-refractivity contribution in [2.45, 2.75) is 39.2 Å². The molecule has 1 aliphatic heterocycles. The van der Waals surface area contributed by atoms with E-state index in [0.717, 1.165) is 79.1 Å². The number of piperazine rings is 1. The monoisotopic (exact) mass is 404 g/mol. The number of nitrogens with zero attached hydrogens (tertiary/aromatic N) is 2. The lowest BCUT2D eigenvalue weighted by atomic mass is 9.93. The molecule has 0 radical (unpaired) electrons.